The number of carbonyl (C=O) groups excluding carboxylic acids is 2. The van der Waals surface area contributed by atoms with Gasteiger partial charge in [0.2, 0.25) is 5.91 Å². The van der Waals surface area contributed by atoms with Crippen LogP contribution in [0.4, 0.5) is 5.69 Å². The molecule has 0 unspecified atom stereocenters. The zero-order chi connectivity index (χ0) is 17.5. The molecular weight excluding hydrogens is 302 g/mol. The van der Waals surface area contributed by atoms with Crippen molar-refractivity contribution in [2.75, 3.05) is 11.9 Å². The number of hydrogen-bond donors (Lipinski definition) is 3. The molecule has 0 spiro atoms. The summed E-state index contributed by atoms with van der Waals surface area (Å²) in [5.41, 5.74) is 9.00. The Morgan fingerprint density at radius 2 is 1.83 bits per heavy atom. The molecule has 5 nitrogen and oxygen atoms in total. The number of nitrogens with two attached hydrogens (primary N) is 1. The molecule has 0 radical (unpaired) electrons. The van der Waals surface area contributed by atoms with E-state index in [0.29, 0.717) is 24.2 Å². The second-order valence-corrected chi connectivity index (χ2v) is 5.67. The third kappa shape index (κ3) is 4.67. The van der Waals surface area contributed by atoms with E-state index in [1.165, 1.54) is 0 Å². The molecule has 0 aromatic heterocycles. The van der Waals surface area contributed by atoms with E-state index in [1.807, 2.05) is 50.2 Å². The minimum absolute atomic E-state index is 0.165. The van der Waals surface area contributed by atoms with Gasteiger partial charge in [0.15, 0.2) is 0 Å². The van der Waals surface area contributed by atoms with Gasteiger partial charge in [0, 0.05) is 17.8 Å². The molecular formula is C19H23N3O2. The standard InChI is InChI=1S/C19H23N3O2/c1-3-21-18(23)15-10-9-13(2)17(12-15)22-19(24)16(20)11-14-7-5-4-6-8-14/h4-10,12,16H,3,11,20H2,1-2H3,(H,21,23)(H,22,24)/t16-/m0/s1. The molecule has 2 rings (SSSR count). The topological polar surface area (TPSA) is 84.2 Å². The SMILES string of the molecule is CCNC(=O)c1ccc(C)c(NC(=O)[C@@H](N)Cc2ccccc2)c1. The van der Waals surface area contributed by atoms with E-state index in [2.05, 4.69) is 10.6 Å². The minimum atomic E-state index is -0.653. The van der Waals surface area contributed by atoms with Gasteiger partial charge in [-0.1, -0.05) is 36.4 Å². The lowest BCUT2D eigenvalue weighted by Gasteiger charge is -2.15. The van der Waals surface area contributed by atoms with Gasteiger partial charge >= 0.3 is 0 Å². The third-order valence-electron chi connectivity index (χ3n) is 3.73. The second kappa shape index (κ2) is 8.26. The number of anilines is 1. The normalized spacial score (nSPS) is 11.6. The van der Waals surface area contributed by atoms with E-state index < -0.39 is 6.04 Å². The monoisotopic (exact) mass is 325 g/mol. The Morgan fingerprint density at radius 1 is 1.12 bits per heavy atom. The Labute approximate surface area is 142 Å². The quantitative estimate of drug-likeness (QED) is 0.761. The maximum absolute atomic E-state index is 12.3. The van der Waals surface area contributed by atoms with Crippen molar-refractivity contribution in [3.63, 3.8) is 0 Å². The molecule has 0 aliphatic rings. The van der Waals surface area contributed by atoms with E-state index in [1.54, 1.807) is 12.1 Å². The number of benzene rings is 2. The molecule has 0 aliphatic carbocycles. The van der Waals surface area contributed by atoms with Crippen LogP contribution < -0.4 is 16.4 Å². The zero-order valence-corrected chi connectivity index (χ0v) is 14.0. The predicted octanol–water partition coefficient (Wildman–Crippen LogP) is 2.25. The summed E-state index contributed by atoms with van der Waals surface area (Å²) < 4.78 is 0. The molecule has 2 aromatic rings. The van der Waals surface area contributed by atoms with E-state index in [0.717, 1.165) is 11.1 Å². The molecule has 5 heteroatoms. The second-order valence-electron chi connectivity index (χ2n) is 5.67. The summed E-state index contributed by atoms with van der Waals surface area (Å²) in [5.74, 6) is -0.434. The maximum Gasteiger partial charge on any atom is 0.251 e. The molecule has 0 heterocycles. The third-order valence-corrected chi connectivity index (χ3v) is 3.73. The van der Waals surface area contributed by atoms with Crippen LogP contribution in [-0.4, -0.2) is 24.4 Å². The van der Waals surface area contributed by atoms with Crippen molar-refractivity contribution in [2.24, 2.45) is 5.73 Å². The van der Waals surface area contributed by atoms with Crippen LogP contribution in [0, 0.1) is 6.92 Å². The van der Waals surface area contributed by atoms with Crippen LogP contribution in [-0.2, 0) is 11.2 Å². The van der Waals surface area contributed by atoms with Crippen LogP contribution in [0.3, 0.4) is 0 Å². The number of rotatable bonds is 6. The highest BCUT2D eigenvalue weighted by atomic mass is 16.2. The van der Waals surface area contributed by atoms with Crippen molar-refractivity contribution in [3.05, 3.63) is 65.2 Å². The van der Waals surface area contributed by atoms with Gasteiger partial charge in [-0.2, -0.15) is 0 Å². The molecule has 0 fully saturated rings. The number of amides is 2. The Kier molecular flexibility index (Phi) is 6.09. The molecule has 4 N–H and O–H groups in total. The van der Waals surface area contributed by atoms with Gasteiger partial charge in [0.25, 0.3) is 5.91 Å². The van der Waals surface area contributed by atoms with Gasteiger partial charge in [-0.25, -0.2) is 0 Å². The van der Waals surface area contributed by atoms with E-state index in [-0.39, 0.29) is 11.8 Å². The smallest absolute Gasteiger partial charge is 0.251 e. The van der Waals surface area contributed by atoms with Gasteiger partial charge < -0.3 is 16.4 Å². The highest BCUT2D eigenvalue weighted by molar-refractivity contribution is 5.99. The van der Waals surface area contributed by atoms with Crippen molar-refractivity contribution in [2.45, 2.75) is 26.3 Å². The number of aryl methyl sites for hydroxylation is 1. The Hall–Kier alpha value is -2.66. The Morgan fingerprint density at radius 3 is 2.50 bits per heavy atom. The number of hydrogen-bond acceptors (Lipinski definition) is 3. The Bertz CT molecular complexity index is 714. The van der Waals surface area contributed by atoms with Crippen LogP contribution in [0.15, 0.2) is 48.5 Å². The summed E-state index contributed by atoms with van der Waals surface area (Å²) in [6, 6.07) is 14.2. The van der Waals surface area contributed by atoms with E-state index in [4.69, 9.17) is 5.73 Å². The average Bonchev–Trinajstić information content (AvgIpc) is 2.57. The van der Waals surface area contributed by atoms with Crippen molar-refractivity contribution in [1.82, 2.24) is 5.32 Å². The maximum atomic E-state index is 12.3. The molecule has 0 bridgehead atoms. The fourth-order valence-electron chi connectivity index (χ4n) is 2.35. The molecule has 0 saturated heterocycles. The van der Waals surface area contributed by atoms with Crippen LogP contribution in [0.2, 0.25) is 0 Å². The van der Waals surface area contributed by atoms with Gasteiger partial charge in [-0.05, 0) is 43.5 Å². The summed E-state index contributed by atoms with van der Waals surface area (Å²) in [5, 5.41) is 5.56. The Balaban J connectivity index is 2.07. The molecule has 24 heavy (non-hydrogen) atoms. The molecule has 0 aliphatic heterocycles. The lowest BCUT2D eigenvalue weighted by Crippen LogP contribution is -2.37. The summed E-state index contributed by atoms with van der Waals surface area (Å²) in [6.07, 6.45) is 0.460. The first-order valence-electron chi connectivity index (χ1n) is 8.00. The molecule has 126 valence electrons. The highest BCUT2D eigenvalue weighted by Gasteiger charge is 2.16. The first-order chi connectivity index (χ1) is 11.5. The average molecular weight is 325 g/mol. The van der Waals surface area contributed by atoms with Gasteiger partial charge in [0.1, 0.15) is 0 Å². The van der Waals surface area contributed by atoms with Crippen LogP contribution in [0.5, 0.6) is 0 Å². The first-order valence-corrected chi connectivity index (χ1v) is 8.00. The van der Waals surface area contributed by atoms with Crippen LogP contribution >= 0.6 is 0 Å². The lowest BCUT2D eigenvalue weighted by molar-refractivity contribution is -0.117. The fourth-order valence-corrected chi connectivity index (χ4v) is 2.35. The summed E-state index contributed by atoms with van der Waals surface area (Å²) in [7, 11) is 0. The predicted molar refractivity (Wildman–Crippen MR) is 95.9 cm³/mol. The van der Waals surface area contributed by atoms with Crippen molar-refractivity contribution < 1.29 is 9.59 Å². The first kappa shape index (κ1) is 17.7. The van der Waals surface area contributed by atoms with Crippen LogP contribution in [0.25, 0.3) is 0 Å². The molecule has 0 saturated carbocycles. The summed E-state index contributed by atoms with van der Waals surface area (Å²) in [4.78, 5) is 24.3. The van der Waals surface area contributed by atoms with Gasteiger partial charge in [-0.3, -0.25) is 9.59 Å². The van der Waals surface area contributed by atoms with Crippen molar-refractivity contribution in [1.29, 1.82) is 0 Å². The number of carbonyl (C=O) groups is 2. The minimum Gasteiger partial charge on any atom is -0.352 e. The zero-order valence-electron chi connectivity index (χ0n) is 14.0. The largest absolute Gasteiger partial charge is 0.352 e. The van der Waals surface area contributed by atoms with Gasteiger partial charge in [-0.15, -0.1) is 0 Å². The van der Waals surface area contributed by atoms with Crippen LogP contribution in [0.1, 0.15) is 28.4 Å². The summed E-state index contributed by atoms with van der Waals surface area (Å²) in [6.45, 7) is 4.29. The highest BCUT2D eigenvalue weighted by Crippen LogP contribution is 2.17. The fraction of sp³-hybridized carbons (Fsp3) is 0.263. The van der Waals surface area contributed by atoms with Gasteiger partial charge in [0.05, 0.1) is 6.04 Å². The van der Waals surface area contributed by atoms with E-state index in [9.17, 15) is 9.59 Å². The summed E-state index contributed by atoms with van der Waals surface area (Å²) >= 11 is 0. The molecule has 2 aromatic carbocycles. The lowest BCUT2D eigenvalue weighted by atomic mass is 10.1. The van der Waals surface area contributed by atoms with E-state index >= 15 is 0 Å². The molecule has 1 atom stereocenters. The van der Waals surface area contributed by atoms with Crippen molar-refractivity contribution in [3.8, 4) is 0 Å². The molecule has 2 amide bonds. The number of nitrogens with one attached hydrogen (secondary N) is 2. The van der Waals surface area contributed by atoms with Crippen molar-refractivity contribution >= 4 is 17.5 Å².